The molecular weight excluding hydrogens is 378 g/mol. The highest BCUT2D eigenvalue weighted by molar-refractivity contribution is 5.78. The van der Waals surface area contributed by atoms with Crippen LogP contribution in [0.25, 0.3) is 0 Å². The molecule has 154 valence electrons. The molecular formula is C24H25N3O3. The van der Waals surface area contributed by atoms with E-state index in [4.69, 9.17) is 5.11 Å². The van der Waals surface area contributed by atoms with Crippen LogP contribution in [-0.4, -0.2) is 36.7 Å². The van der Waals surface area contributed by atoms with Gasteiger partial charge in [0, 0.05) is 13.1 Å². The summed E-state index contributed by atoms with van der Waals surface area (Å²) in [6, 6.07) is 30.0. The van der Waals surface area contributed by atoms with E-state index in [0.717, 1.165) is 16.7 Å². The van der Waals surface area contributed by atoms with Gasteiger partial charge in [-0.05, 0) is 16.7 Å². The number of benzene rings is 3. The summed E-state index contributed by atoms with van der Waals surface area (Å²) in [7, 11) is 0. The van der Waals surface area contributed by atoms with Crippen molar-refractivity contribution < 1.29 is 14.7 Å². The van der Waals surface area contributed by atoms with Crippen molar-refractivity contribution in [2.24, 2.45) is 0 Å². The molecule has 0 aliphatic carbocycles. The molecule has 4 N–H and O–H groups in total. The van der Waals surface area contributed by atoms with E-state index in [9.17, 15) is 9.59 Å². The summed E-state index contributed by atoms with van der Waals surface area (Å²) in [5, 5.41) is 17.1. The standard InChI is InChI=1S/C24H25N3O3/c28-22(25-16-17-26-23(29)30)18-27-24(19-10-4-1-5-11-19,20-12-6-2-7-13-20)21-14-8-3-9-15-21/h1-15,26-27H,16-18H2,(H,25,28)(H,29,30). The lowest BCUT2D eigenvalue weighted by molar-refractivity contribution is -0.120. The van der Waals surface area contributed by atoms with Crippen LogP contribution < -0.4 is 16.0 Å². The van der Waals surface area contributed by atoms with Crippen molar-refractivity contribution >= 4 is 12.0 Å². The molecule has 0 fully saturated rings. The van der Waals surface area contributed by atoms with Crippen molar-refractivity contribution in [3.63, 3.8) is 0 Å². The Morgan fingerprint density at radius 1 is 0.667 bits per heavy atom. The second kappa shape index (κ2) is 10.2. The number of carboxylic acid groups (broad SMARTS) is 1. The number of rotatable bonds is 9. The van der Waals surface area contributed by atoms with Gasteiger partial charge in [-0.3, -0.25) is 10.1 Å². The first kappa shape index (κ1) is 21.1. The molecule has 3 rings (SSSR count). The van der Waals surface area contributed by atoms with Gasteiger partial charge in [-0.2, -0.15) is 0 Å². The van der Waals surface area contributed by atoms with E-state index in [1.165, 1.54) is 0 Å². The maximum Gasteiger partial charge on any atom is 0.404 e. The molecule has 0 aliphatic rings. The zero-order valence-corrected chi connectivity index (χ0v) is 16.5. The third-order valence-electron chi connectivity index (χ3n) is 4.86. The molecule has 30 heavy (non-hydrogen) atoms. The second-order valence-corrected chi connectivity index (χ2v) is 6.78. The molecule has 0 heterocycles. The minimum absolute atomic E-state index is 0.0613. The predicted octanol–water partition coefficient (Wildman–Crippen LogP) is 2.95. The van der Waals surface area contributed by atoms with E-state index in [-0.39, 0.29) is 25.5 Å². The van der Waals surface area contributed by atoms with Crippen LogP contribution in [-0.2, 0) is 10.3 Å². The van der Waals surface area contributed by atoms with E-state index in [2.05, 4.69) is 16.0 Å². The Labute approximate surface area is 176 Å². The average Bonchev–Trinajstić information content (AvgIpc) is 2.79. The zero-order chi connectivity index (χ0) is 21.2. The molecule has 3 aromatic rings. The summed E-state index contributed by atoms with van der Waals surface area (Å²) in [5.41, 5.74) is 2.33. The highest BCUT2D eigenvalue weighted by atomic mass is 16.4. The van der Waals surface area contributed by atoms with Gasteiger partial charge >= 0.3 is 6.09 Å². The molecule has 3 aromatic carbocycles. The lowest BCUT2D eigenvalue weighted by atomic mass is 9.77. The molecule has 0 aromatic heterocycles. The van der Waals surface area contributed by atoms with Crippen molar-refractivity contribution in [3.05, 3.63) is 108 Å². The Kier molecular flexibility index (Phi) is 7.19. The number of amides is 2. The van der Waals surface area contributed by atoms with Gasteiger partial charge < -0.3 is 15.7 Å². The first-order valence-electron chi connectivity index (χ1n) is 9.78. The number of carbonyl (C=O) groups excluding carboxylic acids is 1. The molecule has 0 bridgehead atoms. The molecule has 6 heteroatoms. The van der Waals surface area contributed by atoms with Gasteiger partial charge in [0.15, 0.2) is 0 Å². The number of hydrogen-bond donors (Lipinski definition) is 4. The van der Waals surface area contributed by atoms with Gasteiger partial charge in [-0.25, -0.2) is 4.79 Å². The van der Waals surface area contributed by atoms with E-state index in [0.29, 0.717) is 0 Å². The minimum Gasteiger partial charge on any atom is -0.465 e. The largest absolute Gasteiger partial charge is 0.465 e. The Morgan fingerprint density at radius 3 is 1.47 bits per heavy atom. The molecule has 6 nitrogen and oxygen atoms in total. The summed E-state index contributed by atoms with van der Waals surface area (Å²) < 4.78 is 0. The molecule has 0 unspecified atom stereocenters. The summed E-state index contributed by atoms with van der Waals surface area (Å²) in [5.74, 6) is -0.214. The first-order valence-corrected chi connectivity index (χ1v) is 9.78. The molecule has 0 radical (unpaired) electrons. The minimum atomic E-state index is -1.11. The Hall–Kier alpha value is -3.64. The SMILES string of the molecule is O=C(O)NCCNC(=O)CNC(c1ccccc1)(c1ccccc1)c1ccccc1. The quantitative estimate of drug-likeness (QED) is 0.327. The zero-order valence-electron chi connectivity index (χ0n) is 16.5. The van der Waals surface area contributed by atoms with Gasteiger partial charge in [-0.15, -0.1) is 0 Å². The van der Waals surface area contributed by atoms with Gasteiger partial charge in [0.05, 0.1) is 12.1 Å². The molecule has 0 aliphatic heterocycles. The number of hydrogen-bond acceptors (Lipinski definition) is 3. The van der Waals surface area contributed by atoms with E-state index < -0.39 is 11.6 Å². The van der Waals surface area contributed by atoms with Crippen molar-refractivity contribution in [1.82, 2.24) is 16.0 Å². The van der Waals surface area contributed by atoms with Crippen molar-refractivity contribution in [3.8, 4) is 0 Å². The topological polar surface area (TPSA) is 90.5 Å². The number of nitrogens with one attached hydrogen (secondary N) is 3. The maximum absolute atomic E-state index is 12.5. The van der Waals surface area contributed by atoms with Crippen molar-refractivity contribution in [1.29, 1.82) is 0 Å². The van der Waals surface area contributed by atoms with Crippen LogP contribution in [0.1, 0.15) is 16.7 Å². The molecule has 2 amide bonds. The van der Waals surface area contributed by atoms with Crippen molar-refractivity contribution in [2.45, 2.75) is 5.54 Å². The molecule has 0 spiro atoms. The van der Waals surface area contributed by atoms with E-state index in [1.807, 2.05) is 91.0 Å². The summed E-state index contributed by atoms with van der Waals surface area (Å²) in [4.78, 5) is 23.0. The highest BCUT2D eigenvalue weighted by Crippen LogP contribution is 2.36. The third kappa shape index (κ3) is 5.04. The van der Waals surface area contributed by atoms with Crippen LogP contribution >= 0.6 is 0 Å². The number of carbonyl (C=O) groups is 2. The summed E-state index contributed by atoms with van der Waals surface area (Å²) in [6.45, 7) is 0.440. The second-order valence-electron chi connectivity index (χ2n) is 6.78. The monoisotopic (exact) mass is 403 g/mol. The smallest absolute Gasteiger partial charge is 0.404 e. The first-order chi connectivity index (χ1) is 14.6. The van der Waals surface area contributed by atoms with Crippen LogP contribution in [0.15, 0.2) is 91.0 Å². The summed E-state index contributed by atoms with van der Waals surface area (Å²) >= 11 is 0. The summed E-state index contributed by atoms with van der Waals surface area (Å²) in [6.07, 6.45) is -1.11. The predicted molar refractivity (Wildman–Crippen MR) is 116 cm³/mol. The van der Waals surface area contributed by atoms with Crippen LogP contribution in [0.3, 0.4) is 0 Å². The van der Waals surface area contributed by atoms with E-state index >= 15 is 0 Å². The van der Waals surface area contributed by atoms with Crippen LogP contribution in [0.4, 0.5) is 4.79 Å². The Balaban J connectivity index is 1.92. The maximum atomic E-state index is 12.5. The third-order valence-corrected chi connectivity index (χ3v) is 4.86. The Morgan fingerprint density at radius 2 is 1.07 bits per heavy atom. The normalized spacial score (nSPS) is 10.9. The fourth-order valence-electron chi connectivity index (χ4n) is 3.52. The van der Waals surface area contributed by atoms with Gasteiger partial charge in [0.2, 0.25) is 5.91 Å². The fraction of sp³-hybridized carbons (Fsp3) is 0.167. The molecule has 0 atom stereocenters. The lowest BCUT2D eigenvalue weighted by Crippen LogP contribution is -2.49. The van der Waals surface area contributed by atoms with Gasteiger partial charge in [0.1, 0.15) is 0 Å². The average molecular weight is 403 g/mol. The Bertz CT molecular complexity index is 851. The highest BCUT2D eigenvalue weighted by Gasteiger charge is 2.36. The van der Waals surface area contributed by atoms with Crippen molar-refractivity contribution in [2.75, 3.05) is 19.6 Å². The van der Waals surface area contributed by atoms with Crippen LogP contribution in [0, 0.1) is 0 Å². The van der Waals surface area contributed by atoms with Crippen LogP contribution in [0.2, 0.25) is 0 Å². The van der Waals surface area contributed by atoms with Gasteiger partial charge in [-0.1, -0.05) is 91.0 Å². The van der Waals surface area contributed by atoms with Gasteiger partial charge in [0.25, 0.3) is 0 Å². The lowest BCUT2D eigenvalue weighted by Gasteiger charge is -2.37. The fourth-order valence-corrected chi connectivity index (χ4v) is 3.52. The molecule has 0 saturated carbocycles. The van der Waals surface area contributed by atoms with E-state index in [1.54, 1.807) is 0 Å². The molecule has 0 saturated heterocycles. The van der Waals surface area contributed by atoms with Crippen LogP contribution in [0.5, 0.6) is 0 Å².